The molecule has 0 radical (unpaired) electrons. The summed E-state index contributed by atoms with van der Waals surface area (Å²) in [7, 11) is 0. The molecule has 1 unspecified atom stereocenters. The average Bonchev–Trinajstić information content (AvgIpc) is 3.02. The summed E-state index contributed by atoms with van der Waals surface area (Å²) in [6.45, 7) is 6.55. The van der Waals surface area contributed by atoms with Crippen LogP contribution in [0, 0.1) is 0 Å². The van der Waals surface area contributed by atoms with Crippen LogP contribution in [-0.4, -0.2) is 41.1 Å². The third kappa shape index (κ3) is 3.61. The zero-order chi connectivity index (χ0) is 17.3. The topological polar surface area (TPSA) is 55.8 Å². The molecule has 2 aliphatic rings. The Labute approximate surface area is 142 Å². The van der Waals surface area contributed by atoms with Crippen LogP contribution < -0.4 is 0 Å². The summed E-state index contributed by atoms with van der Waals surface area (Å²) in [6.07, 6.45) is 1.53. The van der Waals surface area contributed by atoms with Gasteiger partial charge in [-0.3, -0.25) is 4.79 Å². The van der Waals surface area contributed by atoms with Gasteiger partial charge in [-0.15, -0.1) is 0 Å². The second-order valence-corrected chi connectivity index (χ2v) is 7.50. The van der Waals surface area contributed by atoms with Crippen molar-refractivity contribution in [1.29, 1.82) is 0 Å². The van der Waals surface area contributed by atoms with Gasteiger partial charge in [0.25, 0.3) is 5.91 Å². The highest BCUT2D eigenvalue weighted by molar-refractivity contribution is 5.88. The largest absolute Gasteiger partial charge is 0.458 e. The summed E-state index contributed by atoms with van der Waals surface area (Å²) in [5.74, 6) is -0.414. The van der Waals surface area contributed by atoms with Gasteiger partial charge in [0.2, 0.25) is 0 Å². The Morgan fingerprint density at radius 3 is 2.62 bits per heavy atom. The Morgan fingerprint density at radius 1 is 1.21 bits per heavy atom. The molecular formula is C19H25NO4. The van der Waals surface area contributed by atoms with Crippen molar-refractivity contribution in [2.75, 3.05) is 6.54 Å². The summed E-state index contributed by atoms with van der Waals surface area (Å²) >= 11 is 0. The number of hydrogen-bond donors (Lipinski definition) is 0. The number of ether oxygens (including phenoxy) is 2. The molecule has 2 aliphatic heterocycles. The molecule has 1 saturated heterocycles. The monoisotopic (exact) mass is 331 g/mol. The van der Waals surface area contributed by atoms with Crippen molar-refractivity contribution in [1.82, 2.24) is 4.90 Å². The molecule has 1 fully saturated rings. The zero-order valence-electron chi connectivity index (χ0n) is 14.6. The van der Waals surface area contributed by atoms with Gasteiger partial charge in [0.1, 0.15) is 17.7 Å². The van der Waals surface area contributed by atoms with Crippen molar-refractivity contribution < 1.29 is 19.1 Å². The third-order valence-corrected chi connectivity index (χ3v) is 4.45. The Hall–Kier alpha value is -1.88. The van der Waals surface area contributed by atoms with Gasteiger partial charge < -0.3 is 14.4 Å². The van der Waals surface area contributed by atoms with E-state index in [1.54, 1.807) is 4.90 Å². The van der Waals surface area contributed by atoms with Gasteiger partial charge in [-0.25, -0.2) is 4.79 Å². The molecule has 0 bridgehead atoms. The Morgan fingerprint density at radius 2 is 1.92 bits per heavy atom. The van der Waals surface area contributed by atoms with Crippen molar-refractivity contribution in [3.63, 3.8) is 0 Å². The summed E-state index contributed by atoms with van der Waals surface area (Å²) in [4.78, 5) is 26.9. The maximum atomic E-state index is 12.9. The molecule has 0 aromatic heterocycles. The molecule has 0 N–H and O–H groups in total. The van der Waals surface area contributed by atoms with E-state index in [1.165, 1.54) is 0 Å². The van der Waals surface area contributed by atoms with E-state index in [2.05, 4.69) is 0 Å². The standard InChI is InChI=1S/C19H25NO4/c1-19(2,3)24-18(22)15-9-6-10-20(15)17(21)16-11-13-7-4-5-8-14(13)12-23-16/h4-5,7-8,15-16H,6,9-12H2,1-3H3/t15-,16?/m0/s1. The number of esters is 1. The molecule has 0 saturated carbocycles. The number of benzene rings is 1. The molecule has 130 valence electrons. The first kappa shape index (κ1) is 17.0. The van der Waals surface area contributed by atoms with Gasteiger partial charge in [0, 0.05) is 13.0 Å². The van der Waals surface area contributed by atoms with Crippen LogP contribution in [0.15, 0.2) is 24.3 Å². The second kappa shape index (κ2) is 6.55. The van der Waals surface area contributed by atoms with Crippen molar-refractivity contribution in [3.05, 3.63) is 35.4 Å². The maximum absolute atomic E-state index is 12.9. The van der Waals surface area contributed by atoms with Crippen LogP contribution in [0.4, 0.5) is 0 Å². The van der Waals surface area contributed by atoms with E-state index < -0.39 is 17.7 Å². The zero-order valence-corrected chi connectivity index (χ0v) is 14.6. The fourth-order valence-electron chi connectivity index (χ4n) is 3.34. The second-order valence-electron chi connectivity index (χ2n) is 7.50. The van der Waals surface area contributed by atoms with Gasteiger partial charge in [0.05, 0.1) is 6.61 Å². The SMILES string of the molecule is CC(C)(C)OC(=O)[C@@H]1CCCN1C(=O)C1Cc2ccccc2CO1. The fourth-order valence-corrected chi connectivity index (χ4v) is 3.34. The minimum absolute atomic E-state index is 0.0992. The smallest absolute Gasteiger partial charge is 0.329 e. The lowest BCUT2D eigenvalue weighted by Gasteiger charge is -2.31. The van der Waals surface area contributed by atoms with Crippen LogP contribution in [0.2, 0.25) is 0 Å². The van der Waals surface area contributed by atoms with E-state index in [0.717, 1.165) is 17.5 Å². The van der Waals surface area contributed by atoms with Gasteiger partial charge in [0.15, 0.2) is 0 Å². The van der Waals surface area contributed by atoms with Crippen LogP contribution in [0.1, 0.15) is 44.7 Å². The van der Waals surface area contributed by atoms with Crippen molar-refractivity contribution in [3.8, 4) is 0 Å². The maximum Gasteiger partial charge on any atom is 0.329 e. The fraction of sp³-hybridized carbons (Fsp3) is 0.579. The lowest BCUT2D eigenvalue weighted by atomic mass is 9.98. The van der Waals surface area contributed by atoms with E-state index in [4.69, 9.17) is 9.47 Å². The number of amides is 1. The van der Waals surface area contributed by atoms with Gasteiger partial charge in [-0.1, -0.05) is 24.3 Å². The van der Waals surface area contributed by atoms with Gasteiger partial charge in [-0.05, 0) is 44.7 Å². The minimum Gasteiger partial charge on any atom is -0.458 e. The number of likely N-dealkylation sites (tertiary alicyclic amines) is 1. The van der Waals surface area contributed by atoms with Gasteiger partial charge >= 0.3 is 5.97 Å². The van der Waals surface area contributed by atoms with Crippen molar-refractivity contribution in [2.24, 2.45) is 0 Å². The Kier molecular flexibility index (Phi) is 4.63. The number of carbonyl (C=O) groups is 2. The summed E-state index contributed by atoms with van der Waals surface area (Å²) < 4.78 is 11.2. The highest BCUT2D eigenvalue weighted by atomic mass is 16.6. The summed E-state index contributed by atoms with van der Waals surface area (Å²) in [5.41, 5.74) is 1.73. The molecule has 1 aromatic rings. The van der Waals surface area contributed by atoms with E-state index >= 15 is 0 Å². The van der Waals surface area contributed by atoms with E-state index in [9.17, 15) is 9.59 Å². The average molecular weight is 331 g/mol. The lowest BCUT2D eigenvalue weighted by molar-refractivity contribution is -0.166. The highest BCUT2D eigenvalue weighted by Crippen LogP contribution is 2.26. The molecule has 24 heavy (non-hydrogen) atoms. The quantitative estimate of drug-likeness (QED) is 0.781. The van der Waals surface area contributed by atoms with Crippen molar-refractivity contribution >= 4 is 11.9 Å². The summed E-state index contributed by atoms with van der Waals surface area (Å²) in [5, 5.41) is 0. The van der Waals surface area contributed by atoms with Crippen LogP contribution in [0.5, 0.6) is 0 Å². The van der Waals surface area contributed by atoms with E-state index in [-0.39, 0.29) is 11.9 Å². The number of fused-ring (bicyclic) bond motifs is 1. The number of hydrogen-bond acceptors (Lipinski definition) is 4. The first-order chi connectivity index (χ1) is 11.3. The van der Waals surface area contributed by atoms with Crippen molar-refractivity contribution in [2.45, 2.75) is 64.4 Å². The first-order valence-electron chi connectivity index (χ1n) is 8.57. The molecule has 0 aliphatic carbocycles. The predicted octanol–water partition coefficient (Wildman–Crippen LogP) is 2.46. The first-order valence-corrected chi connectivity index (χ1v) is 8.57. The Bertz CT molecular complexity index is 634. The summed E-state index contributed by atoms with van der Waals surface area (Å²) in [6, 6.07) is 7.52. The molecule has 2 atom stereocenters. The normalized spacial score (nSPS) is 23.7. The number of nitrogens with zero attached hydrogens (tertiary/aromatic N) is 1. The lowest BCUT2D eigenvalue weighted by Crippen LogP contribution is -2.49. The van der Waals surface area contributed by atoms with Crippen LogP contribution >= 0.6 is 0 Å². The van der Waals surface area contributed by atoms with E-state index in [0.29, 0.717) is 26.0 Å². The predicted molar refractivity (Wildman–Crippen MR) is 89.3 cm³/mol. The minimum atomic E-state index is -0.547. The van der Waals surface area contributed by atoms with Gasteiger partial charge in [-0.2, -0.15) is 0 Å². The molecule has 3 rings (SSSR count). The molecule has 2 heterocycles. The Balaban J connectivity index is 1.69. The van der Waals surface area contributed by atoms with Crippen LogP contribution in [-0.2, 0) is 32.1 Å². The molecule has 0 spiro atoms. The molecule has 1 amide bonds. The van der Waals surface area contributed by atoms with Crippen LogP contribution in [0.3, 0.4) is 0 Å². The van der Waals surface area contributed by atoms with Crippen LogP contribution in [0.25, 0.3) is 0 Å². The molecular weight excluding hydrogens is 306 g/mol. The highest BCUT2D eigenvalue weighted by Gasteiger charge is 2.40. The third-order valence-electron chi connectivity index (χ3n) is 4.45. The number of carbonyl (C=O) groups excluding carboxylic acids is 2. The number of rotatable bonds is 2. The molecule has 5 heteroatoms. The molecule has 1 aromatic carbocycles. The molecule has 5 nitrogen and oxygen atoms in total. The van der Waals surface area contributed by atoms with E-state index in [1.807, 2.05) is 45.0 Å².